The highest BCUT2D eigenvalue weighted by atomic mass is 19.3. The molecule has 0 aromatic carbocycles. The Bertz CT molecular complexity index is 274. The Hall–Kier alpha value is -0.840. The molecular weight excluding hydrogens is 212 g/mol. The fraction of sp³-hybridized carbons (Fsp3) is 0.818. The summed E-state index contributed by atoms with van der Waals surface area (Å²) in [5.74, 6) is 2.97. The van der Waals surface area contributed by atoms with Crippen molar-refractivity contribution in [3.63, 3.8) is 0 Å². The van der Waals surface area contributed by atoms with Crippen LogP contribution in [0.4, 0.5) is 8.78 Å². The number of alkyl halides is 2. The molecule has 16 heavy (non-hydrogen) atoms. The molecule has 4 N–H and O–H groups in total. The fourth-order valence-electron chi connectivity index (χ4n) is 2.13. The normalized spacial score (nSPS) is 30.7. The molecule has 0 bridgehead atoms. The number of rotatable bonds is 2. The van der Waals surface area contributed by atoms with Gasteiger partial charge in [-0.2, -0.15) is 8.78 Å². The van der Waals surface area contributed by atoms with Crippen molar-refractivity contribution in [1.29, 1.82) is 0 Å². The molecule has 0 heterocycles. The van der Waals surface area contributed by atoms with E-state index in [0.29, 0.717) is 24.5 Å². The van der Waals surface area contributed by atoms with Gasteiger partial charge >= 0.3 is 0 Å². The summed E-state index contributed by atoms with van der Waals surface area (Å²) in [5.41, 5.74) is 5.55. The molecule has 1 rings (SSSR count). The molecule has 1 atom stereocenters. The topological polar surface area (TPSA) is 55.3 Å². The number of halogens is 2. The number of allylic oxidation sites excluding steroid dienone is 2. The van der Waals surface area contributed by atoms with Crippen LogP contribution in [0, 0.1) is 5.92 Å². The summed E-state index contributed by atoms with van der Waals surface area (Å²) in [5, 5.41) is 1.22. The van der Waals surface area contributed by atoms with Gasteiger partial charge in [-0.3, -0.25) is 0 Å². The van der Waals surface area contributed by atoms with Crippen molar-refractivity contribution in [2.75, 3.05) is 7.05 Å². The third-order valence-corrected chi connectivity index (χ3v) is 3.36. The van der Waals surface area contributed by atoms with Gasteiger partial charge in [-0.25, -0.2) is 5.84 Å². The van der Waals surface area contributed by atoms with E-state index in [4.69, 9.17) is 11.6 Å². The van der Waals surface area contributed by atoms with Gasteiger partial charge in [0.05, 0.1) is 11.4 Å². The number of nitrogens with two attached hydrogens (primary N) is 2. The summed E-state index contributed by atoms with van der Waals surface area (Å²) in [7, 11) is 1.56. The molecule has 1 aliphatic rings. The van der Waals surface area contributed by atoms with E-state index in [0.717, 1.165) is 12.8 Å². The monoisotopic (exact) mass is 233 g/mol. The lowest BCUT2D eigenvalue weighted by molar-refractivity contribution is 0.0169. The molecule has 0 aliphatic heterocycles. The second-order valence-corrected chi connectivity index (χ2v) is 4.53. The summed E-state index contributed by atoms with van der Waals surface area (Å²) >= 11 is 0. The van der Waals surface area contributed by atoms with Gasteiger partial charge in [0, 0.05) is 13.5 Å². The van der Waals surface area contributed by atoms with Gasteiger partial charge in [0.25, 0.3) is 5.92 Å². The molecule has 0 radical (unpaired) electrons. The third kappa shape index (κ3) is 2.84. The second kappa shape index (κ2) is 4.99. The van der Waals surface area contributed by atoms with Crippen LogP contribution in [0.15, 0.2) is 11.4 Å². The second-order valence-electron chi connectivity index (χ2n) is 4.53. The summed E-state index contributed by atoms with van der Waals surface area (Å²) < 4.78 is 27.4. The molecule has 0 saturated heterocycles. The van der Waals surface area contributed by atoms with Crippen LogP contribution in [0.3, 0.4) is 0 Å². The predicted octanol–water partition coefficient (Wildman–Crippen LogP) is 2.20. The average Bonchev–Trinajstić information content (AvgIpc) is 2.20. The summed E-state index contributed by atoms with van der Waals surface area (Å²) in [6.07, 6.45) is 2.70. The highest BCUT2D eigenvalue weighted by Crippen LogP contribution is 2.36. The molecule has 1 unspecified atom stereocenters. The Kier molecular flexibility index (Phi) is 4.13. The van der Waals surface area contributed by atoms with E-state index in [1.807, 2.05) is 6.92 Å². The van der Waals surface area contributed by atoms with Crippen LogP contribution in [0.5, 0.6) is 0 Å². The van der Waals surface area contributed by atoms with Crippen LogP contribution in [-0.4, -0.2) is 18.0 Å². The minimum absolute atomic E-state index is 0.172. The van der Waals surface area contributed by atoms with Crippen LogP contribution in [-0.2, 0) is 0 Å². The van der Waals surface area contributed by atoms with Crippen molar-refractivity contribution < 1.29 is 8.78 Å². The molecule has 1 aliphatic carbocycles. The molecule has 0 spiro atoms. The first kappa shape index (κ1) is 13.2. The number of nitrogens with zero attached hydrogens (tertiary/aromatic N) is 1. The van der Waals surface area contributed by atoms with Crippen molar-refractivity contribution >= 4 is 0 Å². The molecule has 0 aromatic rings. The highest BCUT2D eigenvalue weighted by Gasteiger charge is 2.37. The van der Waals surface area contributed by atoms with Crippen LogP contribution in [0.2, 0.25) is 0 Å². The summed E-state index contributed by atoms with van der Waals surface area (Å²) in [6, 6.07) is 0. The highest BCUT2D eigenvalue weighted by molar-refractivity contribution is 5.17. The van der Waals surface area contributed by atoms with Crippen LogP contribution in [0.25, 0.3) is 0 Å². The van der Waals surface area contributed by atoms with Crippen molar-refractivity contribution in [1.82, 2.24) is 5.01 Å². The summed E-state index contributed by atoms with van der Waals surface area (Å²) in [4.78, 5) is 0. The van der Waals surface area contributed by atoms with E-state index >= 15 is 0 Å². The smallest absolute Gasteiger partial charge is 0.288 e. The van der Waals surface area contributed by atoms with Gasteiger partial charge in [0.1, 0.15) is 0 Å². The predicted molar refractivity (Wildman–Crippen MR) is 60.4 cm³/mol. The van der Waals surface area contributed by atoms with Crippen molar-refractivity contribution in [3.8, 4) is 0 Å². The maximum Gasteiger partial charge on any atom is 0.288 e. The van der Waals surface area contributed by atoms with E-state index < -0.39 is 5.92 Å². The lowest BCUT2D eigenvalue weighted by atomic mass is 9.88. The van der Waals surface area contributed by atoms with Crippen LogP contribution >= 0.6 is 0 Å². The largest absolute Gasteiger partial charge is 0.396 e. The SMILES string of the molecule is CCC1CC/C(N(C)N)=C(/N)C(F)(F)CC1. The molecule has 5 heteroatoms. The Morgan fingerprint density at radius 2 is 2.06 bits per heavy atom. The minimum Gasteiger partial charge on any atom is -0.396 e. The zero-order valence-corrected chi connectivity index (χ0v) is 9.97. The van der Waals surface area contributed by atoms with Gasteiger partial charge in [-0.05, 0) is 25.2 Å². The molecule has 0 saturated carbocycles. The van der Waals surface area contributed by atoms with Gasteiger partial charge in [0.2, 0.25) is 0 Å². The van der Waals surface area contributed by atoms with E-state index in [1.54, 1.807) is 7.05 Å². The van der Waals surface area contributed by atoms with Crippen molar-refractivity contribution in [2.45, 2.75) is 45.0 Å². The standard InChI is InChI=1S/C11H21F2N3/c1-3-8-4-5-9(16(2)15)10(14)11(12,13)7-6-8/h8H,3-7,14-15H2,1-2H3/b10-9-. The number of hydrogen-bond acceptors (Lipinski definition) is 3. The summed E-state index contributed by atoms with van der Waals surface area (Å²) in [6.45, 7) is 2.03. The zero-order chi connectivity index (χ0) is 12.3. The Morgan fingerprint density at radius 1 is 1.44 bits per heavy atom. The Balaban J connectivity index is 2.97. The fourth-order valence-corrected chi connectivity index (χ4v) is 2.13. The van der Waals surface area contributed by atoms with E-state index in [-0.39, 0.29) is 12.1 Å². The van der Waals surface area contributed by atoms with Gasteiger partial charge in [-0.1, -0.05) is 13.3 Å². The van der Waals surface area contributed by atoms with E-state index in [2.05, 4.69) is 0 Å². The van der Waals surface area contributed by atoms with Gasteiger partial charge < -0.3 is 10.7 Å². The minimum atomic E-state index is -2.92. The van der Waals surface area contributed by atoms with Crippen LogP contribution in [0.1, 0.15) is 39.0 Å². The molecule has 3 nitrogen and oxygen atoms in total. The van der Waals surface area contributed by atoms with E-state index in [1.165, 1.54) is 5.01 Å². The van der Waals surface area contributed by atoms with Gasteiger partial charge in [0.15, 0.2) is 0 Å². The van der Waals surface area contributed by atoms with Gasteiger partial charge in [-0.15, -0.1) is 0 Å². The van der Waals surface area contributed by atoms with E-state index in [9.17, 15) is 8.78 Å². The van der Waals surface area contributed by atoms with Crippen molar-refractivity contribution in [2.24, 2.45) is 17.5 Å². The quantitative estimate of drug-likeness (QED) is 0.568. The number of hydrazine groups is 1. The molecule has 0 amide bonds. The first-order chi connectivity index (χ1) is 7.38. The Labute approximate surface area is 95.4 Å². The lowest BCUT2D eigenvalue weighted by Crippen LogP contribution is -2.36. The maximum atomic E-state index is 13.7. The molecule has 0 fully saturated rings. The Morgan fingerprint density at radius 3 is 2.56 bits per heavy atom. The lowest BCUT2D eigenvalue weighted by Gasteiger charge is -2.29. The zero-order valence-electron chi connectivity index (χ0n) is 9.97. The maximum absolute atomic E-state index is 13.7. The first-order valence-electron chi connectivity index (χ1n) is 5.73. The third-order valence-electron chi connectivity index (χ3n) is 3.36. The number of hydrogen-bond donors (Lipinski definition) is 2. The van der Waals surface area contributed by atoms with Crippen molar-refractivity contribution in [3.05, 3.63) is 11.4 Å². The first-order valence-corrected chi connectivity index (χ1v) is 5.73. The average molecular weight is 233 g/mol. The van der Waals surface area contributed by atoms with Crippen LogP contribution < -0.4 is 11.6 Å². The molecular formula is C11H21F2N3. The molecule has 94 valence electrons. The molecule has 0 aromatic heterocycles.